The van der Waals surface area contributed by atoms with Gasteiger partial charge in [0.25, 0.3) is 5.91 Å². The summed E-state index contributed by atoms with van der Waals surface area (Å²) in [6, 6.07) is 13.2. The molecule has 0 aliphatic carbocycles. The van der Waals surface area contributed by atoms with E-state index in [9.17, 15) is 9.18 Å². The maximum absolute atomic E-state index is 13.1. The van der Waals surface area contributed by atoms with Crippen LogP contribution in [0.25, 0.3) is 0 Å². The number of halogens is 1. The first-order chi connectivity index (χ1) is 11.6. The Morgan fingerprint density at radius 1 is 1.33 bits per heavy atom. The fourth-order valence-corrected chi connectivity index (χ4v) is 3.23. The summed E-state index contributed by atoms with van der Waals surface area (Å²) in [5.41, 5.74) is 1.63. The van der Waals surface area contributed by atoms with Gasteiger partial charge in [0.05, 0.1) is 0 Å². The quantitative estimate of drug-likeness (QED) is 0.878. The van der Waals surface area contributed by atoms with Crippen molar-refractivity contribution in [1.29, 1.82) is 0 Å². The highest BCUT2D eigenvalue weighted by Gasteiger charge is 2.27. The lowest BCUT2D eigenvalue weighted by molar-refractivity contribution is 0.0860. The number of piperidine rings is 1. The molecule has 1 aliphatic rings. The highest BCUT2D eigenvalue weighted by atomic mass is 19.1. The smallest absolute Gasteiger partial charge is 0.251 e. The van der Waals surface area contributed by atoms with Gasteiger partial charge in [-0.1, -0.05) is 37.3 Å². The number of benzene rings is 1. The van der Waals surface area contributed by atoms with E-state index in [0.29, 0.717) is 11.5 Å². The van der Waals surface area contributed by atoms with Crippen LogP contribution in [0.15, 0.2) is 48.7 Å². The lowest BCUT2D eigenvalue weighted by atomic mass is 9.93. The zero-order chi connectivity index (χ0) is 16.9. The van der Waals surface area contributed by atoms with E-state index < -0.39 is 5.95 Å². The van der Waals surface area contributed by atoms with Crippen LogP contribution in [0.4, 0.5) is 4.39 Å². The molecule has 3 rings (SSSR count). The average molecular weight is 327 g/mol. The molecule has 1 N–H and O–H groups in total. The van der Waals surface area contributed by atoms with Crippen LogP contribution in [-0.2, 0) is 6.54 Å². The molecule has 2 heterocycles. The van der Waals surface area contributed by atoms with Gasteiger partial charge in [0.15, 0.2) is 0 Å². The number of hydrogen-bond acceptors (Lipinski definition) is 3. The van der Waals surface area contributed by atoms with E-state index >= 15 is 0 Å². The Hall–Kier alpha value is -2.27. The van der Waals surface area contributed by atoms with Crippen LogP contribution in [-0.4, -0.2) is 34.9 Å². The summed E-state index contributed by atoms with van der Waals surface area (Å²) < 4.78 is 13.1. The number of aromatic nitrogens is 1. The van der Waals surface area contributed by atoms with Crippen LogP contribution in [0, 0.1) is 11.9 Å². The van der Waals surface area contributed by atoms with Crippen molar-refractivity contribution in [3.05, 3.63) is 65.7 Å². The molecule has 5 heteroatoms. The minimum Gasteiger partial charge on any atom is -0.349 e. The number of amides is 1. The van der Waals surface area contributed by atoms with Gasteiger partial charge < -0.3 is 5.32 Å². The first-order valence-corrected chi connectivity index (χ1v) is 8.30. The van der Waals surface area contributed by atoms with Gasteiger partial charge in [-0.05, 0) is 24.0 Å². The Balaban J connectivity index is 1.55. The first kappa shape index (κ1) is 16.6. The topological polar surface area (TPSA) is 45.2 Å². The summed E-state index contributed by atoms with van der Waals surface area (Å²) in [6.45, 7) is 4.95. The van der Waals surface area contributed by atoms with E-state index in [1.165, 1.54) is 23.9 Å². The van der Waals surface area contributed by atoms with Gasteiger partial charge in [0, 0.05) is 43.5 Å². The zero-order valence-electron chi connectivity index (χ0n) is 13.8. The second kappa shape index (κ2) is 7.53. The number of pyridine rings is 1. The summed E-state index contributed by atoms with van der Waals surface area (Å²) in [4.78, 5) is 18.2. The SMILES string of the molecule is C[C@@H]1CN(Cc2ccccc2)CC[C@H]1NC(=O)c1ccnc(F)c1. The van der Waals surface area contributed by atoms with Gasteiger partial charge >= 0.3 is 0 Å². The molecule has 126 valence electrons. The molecule has 1 amide bonds. The molecule has 0 saturated carbocycles. The molecule has 1 aromatic carbocycles. The number of nitrogens with zero attached hydrogens (tertiary/aromatic N) is 2. The molecule has 0 unspecified atom stereocenters. The van der Waals surface area contributed by atoms with Gasteiger partial charge in [0.2, 0.25) is 5.95 Å². The fraction of sp³-hybridized carbons (Fsp3) is 0.368. The molecular weight excluding hydrogens is 305 g/mol. The summed E-state index contributed by atoms with van der Waals surface area (Å²) >= 11 is 0. The van der Waals surface area contributed by atoms with Crippen molar-refractivity contribution in [2.45, 2.75) is 25.9 Å². The summed E-state index contributed by atoms with van der Waals surface area (Å²) in [7, 11) is 0. The maximum Gasteiger partial charge on any atom is 0.251 e. The second-order valence-corrected chi connectivity index (χ2v) is 6.43. The summed E-state index contributed by atoms with van der Waals surface area (Å²) in [5, 5.41) is 3.04. The van der Waals surface area contributed by atoms with Gasteiger partial charge in [-0.15, -0.1) is 0 Å². The van der Waals surface area contributed by atoms with E-state index in [2.05, 4.69) is 46.4 Å². The number of nitrogens with one attached hydrogen (secondary N) is 1. The minimum absolute atomic E-state index is 0.112. The van der Waals surface area contributed by atoms with Gasteiger partial charge in [-0.25, -0.2) is 4.98 Å². The molecule has 1 aromatic heterocycles. The van der Waals surface area contributed by atoms with Gasteiger partial charge in [-0.3, -0.25) is 9.69 Å². The number of carbonyl (C=O) groups excluding carboxylic acids is 1. The molecule has 0 bridgehead atoms. The molecule has 2 aromatic rings. The predicted molar refractivity (Wildman–Crippen MR) is 90.9 cm³/mol. The Kier molecular flexibility index (Phi) is 5.20. The predicted octanol–water partition coefficient (Wildman–Crippen LogP) is 2.86. The third kappa shape index (κ3) is 4.17. The molecule has 1 saturated heterocycles. The lowest BCUT2D eigenvalue weighted by Gasteiger charge is -2.37. The van der Waals surface area contributed by atoms with Crippen molar-refractivity contribution in [2.75, 3.05) is 13.1 Å². The standard InChI is InChI=1S/C19H22FN3O/c1-14-12-23(13-15-5-3-2-4-6-15)10-8-17(14)22-19(24)16-7-9-21-18(20)11-16/h2-7,9,11,14,17H,8,10,12-13H2,1H3,(H,22,24)/t14-,17-/m1/s1. The van der Waals surface area contributed by atoms with Crippen molar-refractivity contribution in [3.8, 4) is 0 Å². The lowest BCUT2D eigenvalue weighted by Crippen LogP contribution is -2.49. The van der Waals surface area contributed by atoms with Gasteiger partial charge in [0.1, 0.15) is 0 Å². The number of carbonyl (C=O) groups is 1. The van der Waals surface area contributed by atoms with Crippen LogP contribution in [0.1, 0.15) is 29.3 Å². The van der Waals surface area contributed by atoms with Crippen molar-refractivity contribution in [1.82, 2.24) is 15.2 Å². The highest BCUT2D eigenvalue weighted by Crippen LogP contribution is 2.19. The number of rotatable bonds is 4. The maximum atomic E-state index is 13.1. The van der Waals surface area contributed by atoms with Crippen molar-refractivity contribution in [2.24, 2.45) is 5.92 Å². The van der Waals surface area contributed by atoms with Gasteiger partial charge in [-0.2, -0.15) is 4.39 Å². The Morgan fingerprint density at radius 2 is 2.12 bits per heavy atom. The third-order valence-electron chi connectivity index (χ3n) is 4.54. The number of hydrogen-bond donors (Lipinski definition) is 1. The normalized spacial score (nSPS) is 21.4. The van der Waals surface area contributed by atoms with Crippen molar-refractivity contribution >= 4 is 5.91 Å². The second-order valence-electron chi connectivity index (χ2n) is 6.43. The van der Waals surface area contributed by atoms with Crippen LogP contribution in [0.5, 0.6) is 0 Å². The van der Waals surface area contributed by atoms with E-state index in [1.54, 1.807) is 0 Å². The summed E-state index contributed by atoms with van der Waals surface area (Å²) in [5.74, 6) is -0.517. The van der Waals surface area contributed by atoms with Crippen molar-refractivity contribution < 1.29 is 9.18 Å². The Bertz CT molecular complexity index is 692. The van der Waals surface area contributed by atoms with E-state index in [-0.39, 0.29) is 11.9 Å². The van der Waals surface area contributed by atoms with Crippen molar-refractivity contribution in [3.63, 3.8) is 0 Å². The minimum atomic E-state index is -0.631. The molecule has 24 heavy (non-hydrogen) atoms. The average Bonchev–Trinajstić information content (AvgIpc) is 2.58. The summed E-state index contributed by atoms with van der Waals surface area (Å²) in [6.07, 6.45) is 2.21. The van der Waals surface area contributed by atoms with Crippen LogP contribution in [0.2, 0.25) is 0 Å². The largest absolute Gasteiger partial charge is 0.349 e. The third-order valence-corrected chi connectivity index (χ3v) is 4.54. The molecule has 0 radical (unpaired) electrons. The van der Waals surface area contributed by atoms with Crippen LogP contribution in [0.3, 0.4) is 0 Å². The molecule has 1 aliphatic heterocycles. The zero-order valence-corrected chi connectivity index (χ0v) is 13.8. The molecule has 4 nitrogen and oxygen atoms in total. The van der Waals surface area contributed by atoms with E-state index in [0.717, 1.165) is 26.1 Å². The first-order valence-electron chi connectivity index (χ1n) is 8.30. The molecule has 2 atom stereocenters. The Morgan fingerprint density at radius 3 is 2.83 bits per heavy atom. The molecule has 1 fully saturated rings. The molecule has 0 spiro atoms. The monoisotopic (exact) mass is 327 g/mol. The van der Waals surface area contributed by atoms with Crippen LogP contribution >= 0.6 is 0 Å². The fourth-order valence-electron chi connectivity index (χ4n) is 3.23. The highest BCUT2D eigenvalue weighted by molar-refractivity contribution is 5.94. The van der Waals surface area contributed by atoms with E-state index in [4.69, 9.17) is 0 Å². The van der Waals surface area contributed by atoms with E-state index in [1.807, 2.05) is 6.07 Å². The molecular formula is C19H22FN3O. The Labute approximate surface area is 141 Å². The number of likely N-dealkylation sites (tertiary alicyclic amines) is 1. The van der Waals surface area contributed by atoms with Crippen LogP contribution < -0.4 is 5.32 Å².